The summed E-state index contributed by atoms with van der Waals surface area (Å²) < 4.78 is 37.1. The van der Waals surface area contributed by atoms with Crippen LogP contribution in [0, 0.1) is 11.6 Å². The highest BCUT2D eigenvalue weighted by atomic mass is 35.5. The molecule has 0 radical (unpaired) electrons. The summed E-state index contributed by atoms with van der Waals surface area (Å²) in [5.74, 6) is -1.52. The minimum atomic E-state index is -0.933. The van der Waals surface area contributed by atoms with E-state index < -0.39 is 17.7 Å². The first kappa shape index (κ1) is 18.4. The Bertz CT molecular complexity index is 723. The Labute approximate surface area is 143 Å². The van der Waals surface area contributed by atoms with Crippen molar-refractivity contribution in [1.29, 1.82) is 0 Å². The normalized spacial score (nSPS) is 17.5. The molecule has 5 nitrogen and oxygen atoms in total. The van der Waals surface area contributed by atoms with E-state index in [1.54, 1.807) is 11.0 Å². The monoisotopic (exact) mass is 358 g/mol. The fraction of sp³-hybridized carbons (Fsp3) is 0.312. The number of carbonyl (C=O) groups is 1. The fourth-order valence-corrected chi connectivity index (χ4v) is 2.53. The van der Waals surface area contributed by atoms with Crippen LogP contribution in [0.5, 0.6) is 0 Å². The maximum Gasteiger partial charge on any atom is 0.257 e. The highest BCUT2D eigenvalue weighted by Gasteiger charge is 2.27. The van der Waals surface area contributed by atoms with Crippen molar-refractivity contribution >= 4 is 18.3 Å². The summed E-state index contributed by atoms with van der Waals surface area (Å²) >= 11 is 0. The van der Waals surface area contributed by atoms with Gasteiger partial charge in [0.05, 0.1) is 25.3 Å². The lowest BCUT2D eigenvalue weighted by atomic mass is 10.1. The number of halogens is 3. The molecule has 1 aliphatic heterocycles. The van der Waals surface area contributed by atoms with Gasteiger partial charge in [0.1, 0.15) is 18.1 Å². The molecule has 0 spiro atoms. The van der Waals surface area contributed by atoms with Crippen molar-refractivity contribution in [2.45, 2.75) is 12.6 Å². The van der Waals surface area contributed by atoms with Gasteiger partial charge in [0.2, 0.25) is 0 Å². The van der Waals surface area contributed by atoms with Crippen molar-refractivity contribution in [2.75, 3.05) is 19.7 Å². The first-order valence-corrected chi connectivity index (χ1v) is 7.22. The number of morpholine rings is 1. The molecule has 1 amide bonds. The minimum Gasteiger partial charge on any atom is -0.467 e. The van der Waals surface area contributed by atoms with Crippen molar-refractivity contribution < 1.29 is 22.7 Å². The maximum atomic E-state index is 13.4. The van der Waals surface area contributed by atoms with E-state index in [0.29, 0.717) is 30.0 Å². The quantitative estimate of drug-likeness (QED) is 0.915. The summed E-state index contributed by atoms with van der Waals surface area (Å²) in [6.45, 7) is 1.21. The SMILES string of the molecule is Cl.NCc1cc(C(=O)N2CCOC(c3ccc(F)c(F)c3)C2)co1. The number of carbonyl (C=O) groups excluding carboxylic acids is 1. The number of rotatable bonds is 3. The standard InChI is InChI=1S/C16H16F2N2O3.ClH/c17-13-2-1-10(6-14(13)18)15-8-20(3-4-22-15)16(21)11-5-12(7-19)23-9-11;/h1-2,5-6,9,15H,3-4,7-8,19H2;1H. The molecule has 0 aliphatic carbocycles. The van der Waals surface area contributed by atoms with E-state index in [2.05, 4.69) is 0 Å². The van der Waals surface area contributed by atoms with E-state index in [1.165, 1.54) is 12.3 Å². The van der Waals surface area contributed by atoms with Gasteiger partial charge in [-0.1, -0.05) is 6.07 Å². The van der Waals surface area contributed by atoms with Crippen LogP contribution in [-0.4, -0.2) is 30.5 Å². The topological polar surface area (TPSA) is 68.7 Å². The van der Waals surface area contributed by atoms with Gasteiger partial charge in [-0.05, 0) is 23.8 Å². The molecule has 2 aromatic rings. The minimum absolute atomic E-state index is 0. The molecule has 1 aromatic heterocycles. The summed E-state index contributed by atoms with van der Waals surface area (Å²) in [6, 6.07) is 5.21. The lowest BCUT2D eigenvalue weighted by Gasteiger charge is -2.33. The smallest absolute Gasteiger partial charge is 0.257 e. The van der Waals surface area contributed by atoms with Crippen LogP contribution in [-0.2, 0) is 11.3 Å². The van der Waals surface area contributed by atoms with E-state index in [0.717, 1.165) is 12.1 Å². The molecule has 1 unspecified atom stereocenters. The molecule has 2 N–H and O–H groups in total. The van der Waals surface area contributed by atoms with E-state index in [-0.39, 0.29) is 31.4 Å². The second-order valence-electron chi connectivity index (χ2n) is 5.29. The molecule has 24 heavy (non-hydrogen) atoms. The van der Waals surface area contributed by atoms with Crippen LogP contribution in [0.1, 0.15) is 27.8 Å². The summed E-state index contributed by atoms with van der Waals surface area (Å²) in [7, 11) is 0. The van der Waals surface area contributed by atoms with Gasteiger partial charge in [-0.2, -0.15) is 0 Å². The zero-order valence-corrected chi connectivity index (χ0v) is 13.5. The average Bonchev–Trinajstić information content (AvgIpc) is 3.06. The second kappa shape index (κ2) is 7.74. The number of furan rings is 1. The zero-order valence-electron chi connectivity index (χ0n) is 12.7. The Morgan fingerprint density at radius 2 is 2.08 bits per heavy atom. The molecule has 1 aliphatic rings. The van der Waals surface area contributed by atoms with Gasteiger partial charge in [0.25, 0.3) is 5.91 Å². The highest BCUT2D eigenvalue weighted by molar-refractivity contribution is 5.94. The molecule has 3 rings (SSSR count). The van der Waals surface area contributed by atoms with E-state index >= 15 is 0 Å². The van der Waals surface area contributed by atoms with Crippen molar-refractivity contribution in [2.24, 2.45) is 5.73 Å². The van der Waals surface area contributed by atoms with Crippen LogP contribution in [0.3, 0.4) is 0 Å². The van der Waals surface area contributed by atoms with Crippen LogP contribution in [0.2, 0.25) is 0 Å². The molecule has 1 atom stereocenters. The van der Waals surface area contributed by atoms with Crippen LogP contribution in [0.4, 0.5) is 8.78 Å². The number of nitrogens with two attached hydrogens (primary N) is 1. The van der Waals surface area contributed by atoms with Gasteiger partial charge in [0, 0.05) is 6.54 Å². The Hall–Kier alpha value is -1.96. The van der Waals surface area contributed by atoms with Crippen molar-refractivity contribution in [3.8, 4) is 0 Å². The third-order valence-electron chi connectivity index (χ3n) is 3.77. The molecule has 1 aromatic carbocycles. The Morgan fingerprint density at radius 1 is 1.29 bits per heavy atom. The molecular formula is C16H17ClF2N2O3. The van der Waals surface area contributed by atoms with Crippen molar-refractivity contribution in [1.82, 2.24) is 4.90 Å². The molecule has 2 heterocycles. The predicted octanol–water partition coefficient (Wildman–Crippen LogP) is 2.65. The summed E-state index contributed by atoms with van der Waals surface area (Å²) in [4.78, 5) is 14.1. The zero-order chi connectivity index (χ0) is 16.4. The third kappa shape index (κ3) is 3.75. The molecule has 1 saturated heterocycles. The van der Waals surface area contributed by atoms with Crippen LogP contribution >= 0.6 is 12.4 Å². The molecule has 0 bridgehead atoms. The van der Waals surface area contributed by atoms with Crippen molar-refractivity contribution in [3.63, 3.8) is 0 Å². The predicted molar refractivity (Wildman–Crippen MR) is 84.8 cm³/mol. The van der Waals surface area contributed by atoms with Gasteiger partial charge in [0.15, 0.2) is 11.6 Å². The van der Waals surface area contributed by atoms with Gasteiger partial charge in [-0.3, -0.25) is 4.79 Å². The van der Waals surface area contributed by atoms with Gasteiger partial charge >= 0.3 is 0 Å². The average molecular weight is 359 g/mol. The van der Waals surface area contributed by atoms with Gasteiger partial charge < -0.3 is 19.8 Å². The van der Waals surface area contributed by atoms with Gasteiger partial charge in [-0.25, -0.2) is 8.78 Å². The summed E-state index contributed by atoms with van der Waals surface area (Å²) in [5.41, 5.74) is 6.37. The van der Waals surface area contributed by atoms with Gasteiger partial charge in [-0.15, -0.1) is 12.4 Å². The van der Waals surface area contributed by atoms with Crippen LogP contribution < -0.4 is 5.73 Å². The fourth-order valence-electron chi connectivity index (χ4n) is 2.53. The number of hydrogen-bond donors (Lipinski definition) is 1. The lowest BCUT2D eigenvalue weighted by Crippen LogP contribution is -2.42. The van der Waals surface area contributed by atoms with E-state index in [4.69, 9.17) is 14.9 Å². The number of ether oxygens (including phenoxy) is 1. The summed E-state index contributed by atoms with van der Waals surface area (Å²) in [5, 5.41) is 0. The lowest BCUT2D eigenvalue weighted by molar-refractivity contribution is -0.0230. The summed E-state index contributed by atoms with van der Waals surface area (Å²) in [6.07, 6.45) is 0.871. The number of hydrogen-bond acceptors (Lipinski definition) is 4. The van der Waals surface area contributed by atoms with Crippen LogP contribution in [0.25, 0.3) is 0 Å². The van der Waals surface area contributed by atoms with E-state index in [1.807, 2.05) is 0 Å². The number of amides is 1. The highest BCUT2D eigenvalue weighted by Crippen LogP contribution is 2.25. The maximum absolute atomic E-state index is 13.4. The first-order chi connectivity index (χ1) is 11.1. The Morgan fingerprint density at radius 3 is 2.75 bits per heavy atom. The third-order valence-corrected chi connectivity index (χ3v) is 3.77. The first-order valence-electron chi connectivity index (χ1n) is 7.22. The Kier molecular flexibility index (Phi) is 5.93. The molecule has 0 saturated carbocycles. The molecular weight excluding hydrogens is 342 g/mol. The number of nitrogens with zero attached hydrogens (tertiary/aromatic N) is 1. The van der Waals surface area contributed by atoms with Crippen LogP contribution in [0.15, 0.2) is 34.9 Å². The number of benzene rings is 1. The molecule has 1 fully saturated rings. The largest absolute Gasteiger partial charge is 0.467 e. The van der Waals surface area contributed by atoms with E-state index in [9.17, 15) is 13.6 Å². The Balaban J connectivity index is 0.00000208. The van der Waals surface area contributed by atoms with Crippen molar-refractivity contribution in [3.05, 3.63) is 59.1 Å². The molecule has 8 heteroatoms. The second-order valence-corrected chi connectivity index (χ2v) is 5.29. The molecule has 130 valence electrons.